The number of halogens is 1. The number of hydrogen-bond donors (Lipinski definition) is 0. The molecule has 0 N–H and O–H groups in total. The van der Waals surface area contributed by atoms with Crippen molar-refractivity contribution in [2.45, 2.75) is 24.3 Å². The van der Waals surface area contributed by atoms with E-state index >= 15 is 0 Å². The van der Waals surface area contributed by atoms with Crippen LogP contribution in [0.2, 0.25) is 0 Å². The highest BCUT2D eigenvalue weighted by atomic mass is 35.5. The number of ether oxygens (including phenoxy) is 1. The normalized spacial score (nSPS) is 25.0. The summed E-state index contributed by atoms with van der Waals surface area (Å²) in [5.74, 6) is 0. The van der Waals surface area contributed by atoms with Crippen LogP contribution >= 0.6 is 11.6 Å². The van der Waals surface area contributed by atoms with Crippen molar-refractivity contribution in [2.24, 2.45) is 4.40 Å². The predicted molar refractivity (Wildman–Crippen MR) is 78.3 cm³/mol. The van der Waals surface area contributed by atoms with Crippen molar-refractivity contribution < 1.29 is 13.2 Å². The molecule has 0 amide bonds. The maximum atomic E-state index is 11.9. The van der Waals surface area contributed by atoms with Gasteiger partial charge >= 0.3 is 0 Å². The first-order valence-corrected chi connectivity index (χ1v) is 8.30. The molecule has 2 heterocycles. The fourth-order valence-electron chi connectivity index (χ4n) is 2.52. The van der Waals surface area contributed by atoms with Crippen molar-refractivity contribution in [1.82, 2.24) is 0 Å². The monoisotopic (exact) mass is 314 g/mol. The summed E-state index contributed by atoms with van der Waals surface area (Å²) < 4.78 is 33.0. The molecule has 5 nitrogen and oxygen atoms in total. The van der Waals surface area contributed by atoms with E-state index < -0.39 is 10.0 Å². The summed E-state index contributed by atoms with van der Waals surface area (Å²) >= 11 is 5.85. The Labute approximate surface area is 123 Å². The zero-order valence-corrected chi connectivity index (χ0v) is 12.6. The zero-order valence-electron chi connectivity index (χ0n) is 11.0. The first kappa shape index (κ1) is 13.9. The highest BCUT2D eigenvalue weighted by Crippen LogP contribution is 2.32. The lowest BCUT2D eigenvalue weighted by Gasteiger charge is -2.24. The maximum absolute atomic E-state index is 11.9. The van der Waals surface area contributed by atoms with Crippen LogP contribution in [-0.2, 0) is 14.8 Å². The second-order valence-electron chi connectivity index (χ2n) is 5.02. The second-order valence-corrected chi connectivity index (χ2v) is 6.95. The third kappa shape index (κ3) is 2.43. The third-order valence-electron chi connectivity index (χ3n) is 3.48. The van der Waals surface area contributed by atoms with E-state index in [4.69, 9.17) is 16.3 Å². The van der Waals surface area contributed by atoms with E-state index in [-0.39, 0.29) is 16.2 Å². The van der Waals surface area contributed by atoms with Crippen LogP contribution in [0.4, 0.5) is 5.69 Å². The molecule has 7 heteroatoms. The first-order valence-electron chi connectivity index (χ1n) is 6.49. The van der Waals surface area contributed by atoms with Crippen LogP contribution in [0.5, 0.6) is 0 Å². The van der Waals surface area contributed by atoms with Crippen LogP contribution < -0.4 is 4.90 Å². The predicted octanol–water partition coefficient (Wildman–Crippen LogP) is 1.99. The molecular formula is C13H15ClN2O3S. The van der Waals surface area contributed by atoms with Gasteiger partial charge in [0.2, 0.25) is 0 Å². The van der Waals surface area contributed by atoms with Gasteiger partial charge in [-0.05, 0) is 31.5 Å². The Morgan fingerprint density at radius 2 is 2.25 bits per heavy atom. The summed E-state index contributed by atoms with van der Waals surface area (Å²) in [4.78, 5) is 2.33. The number of anilines is 1. The Morgan fingerprint density at radius 3 is 3.05 bits per heavy atom. The van der Waals surface area contributed by atoms with Crippen molar-refractivity contribution in [2.75, 3.05) is 24.6 Å². The molecule has 2 aliphatic heterocycles. The van der Waals surface area contributed by atoms with Gasteiger partial charge in [-0.2, -0.15) is 8.42 Å². The molecule has 1 fully saturated rings. The Hall–Kier alpha value is -1.11. The number of nitrogens with zero attached hydrogens (tertiary/aromatic N) is 2. The molecule has 0 unspecified atom stereocenters. The fourth-order valence-corrected chi connectivity index (χ4v) is 4.14. The van der Waals surface area contributed by atoms with E-state index in [0.29, 0.717) is 5.56 Å². The highest BCUT2D eigenvalue weighted by molar-refractivity contribution is 7.91. The lowest BCUT2D eigenvalue weighted by Crippen LogP contribution is -2.30. The largest absolute Gasteiger partial charge is 0.377 e. The molecule has 1 atom stereocenters. The van der Waals surface area contributed by atoms with Crippen LogP contribution in [0.1, 0.15) is 18.9 Å². The molecular weight excluding hydrogens is 300 g/mol. The summed E-state index contributed by atoms with van der Waals surface area (Å²) in [5.41, 5.74) is 1.35. The van der Waals surface area contributed by atoms with Crippen molar-refractivity contribution >= 4 is 32.5 Å². The Bertz CT molecular complexity index is 672. The maximum Gasteiger partial charge on any atom is 0.284 e. The molecule has 108 valence electrons. The van der Waals surface area contributed by atoms with Gasteiger partial charge in [0.1, 0.15) is 4.90 Å². The average molecular weight is 315 g/mol. The van der Waals surface area contributed by atoms with E-state index in [1.54, 1.807) is 12.1 Å². The average Bonchev–Trinajstić information content (AvgIpc) is 2.56. The number of benzene rings is 1. The summed E-state index contributed by atoms with van der Waals surface area (Å²) in [6.07, 6.45) is 1.05. The van der Waals surface area contributed by atoms with Crippen LogP contribution in [0, 0.1) is 0 Å². The van der Waals surface area contributed by atoms with Gasteiger partial charge in [-0.25, -0.2) is 0 Å². The highest BCUT2D eigenvalue weighted by Gasteiger charge is 2.29. The van der Waals surface area contributed by atoms with Gasteiger partial charge in [-0.3, -0.25) is 0 Å². The van der Waals surface area contributed by atoms with Crippen molar-refractivity contribution in [3.05, 3.63) is 23.8 Å². The van der Waals surface area contributed by atoms with Crippen LogP contribution in [0.15, 0.2) is 27.5 Å². The van der Waals surface area contributed by atoms with Gasteiger partial charge in [-0.1, -0.05) is 11.6 Å². The van der Waals surface area contributed by atoms with Crippen molar-refractivity contribution in [3.8, 4) is 0 Å². The van der Waals surface area contributed by atoms with Gasteiger partial charge < -0.3 is 9.64 Å². The van der Waals surface area contributed by atoms with Gasteiger partial charge in [0.05, 0.1) is 6.10 Å². The van der Waals surface area contributed by atoms with Gasteiger partial charge in [0.15, 0.2) is 5.17 Å². The topological polar surface area (TPSA) is 59.0 Å². The SMILES string of the molecule is C[C@@H]1CN(c2ccc3c(c2)S(=O)(=O)N=C3Cl)CCCO1. The molecule has 0 aromatic heterocycles. The molecule has 1 aromatic carbocycles. The first-order chi connectivity index (χ1) is 9.47. The number of hydrogen-bond acceptors (Lipinski definition) is 4. The molecule has 0 bridgehead atoms. The molecule has 20 heavy (non-hydrogen) atoms. The molecule has 3 rings (SSSR count). The van der Waals surface area contributed by atoms with E-state index in [1.165, 1.54) is 0 Å². The standard InChI is InChI=1S/C13H15ClN2O3S/c1-9-8-16(5-2-6-19-9)10-3-4-11-12(7-10)20(17,18)15-13(11)14/h3-4,7,9H,2,5-6,8H2,1H3/t9-/m1/s1. The quantitative estimate of drug-likeness (QED) is 0.795. The fraction of sp³-hybridized carbons (Fsp3) is 0.462. The minimum atomic E-state index is -3.64. The minimum absolute atomic E-state index is 0.0408. The van der Waals surface area contributed by atoms with E-state index in [2.05, 4.69) is 9.30 Å². The number of sulfonamides is 1. The Balaban J connectivity index is 1.98. The second kappa shape index (κ2) is 5.02. The number of rotatable bonds is 1. The lowest BCUT2D eigenvalue weighted by atomic mass is 10.2. The molecule has 0 saturated carbocycles. The van der Waals surface area contributed by atoms with Crippen LogP contribution in [-0.4, -0.2) is 39.4 Å². The molecule has 0 radical (unpaired) electrons. The minimum Gasteiger partial charge on any atom is -0.377 e. The van der Waals surface area contributed by atoms with Crippen molar-refractivity contribution in [1.29, 1.82) is 0 Å². The van der Waals surface area contributed by atoms with Gasteiger partial charge in [-0.15, -0.1) is 4.40 Å². The third-order valence-corrected chi connectivity index (χ3v) is 5.19. The van der Waals surface area contributed by atoms with E-state index in [1.807, 2.05) is 13.0 Å². The Kier molecular flexibility index (Phi) is 3.48. The smallest absolute Gasteiger partial charge is 0.284 e. The summed E-state index contributed by atoms with van der Waals surface area (Å²) in [6.45, 7) is 4.34. The van der Waals surface area contributed by atoms with Gasteiger partial charge in [0.25, 0.3) is 10.0 Å². The summed E-state index contributed by atoms with van der Waals surface area (Å²) in [6, 6.07) is 5.26. The molecule has 0 spiro atoms. The zero-order chi connectivity index (χ0) is 14.3. The van der Waals surface area contributed by atoms with E-state index in [0.717, 1.165) is 31.8 Å². The molecule has 1 aromatic rings. The van der Waals surface area contributed by atoms with E-state index in [9.17, 15) is 8.42 Å². The molecule has 1 saturated heterocycles. The number of fused-ring (bicyclic) bond motifs is 1. The summed E-state index contributed by atoms with van der Waals surface area (Å²) in [7, 11) is -3.64. The van der Waals surface area contributed by atoms with Crippen LogP contribution in [0.3, 0.4) is 0 Å². The van der Waals surface area contributed by atoms with Gasteiger partial charge in [0, 0.05) is 30.9 Å². The Morgan fingerprint density at radius 1 is 1.45 bits per heavy atom. The van der Waals surface area contributed by atoms with Crippen LogP contribution in [0.25, 0.3) is 0 Å². The molecule has 0 aliphatic carbocycles. The van der Waals surface area contributed by atoms with Crippen molar-refractivity contribution in [3.63, 3.8) is 0 Å². The lowest BCUT2D eigenvalue weighted by molar-refractivity contribution is 0.0821. The summed E-state index contributed by atoms with van der Waals surface area (Å²) in [5, 5.41) is 0.0408. The molecule has 2 aliphatic rings.